The Balaban J connectivity index is 1.95. The van der Waals surface area contributed by atoms with E-state index in [-0.39, 0.29) is 18.7 Å². The fraction of sp³-hybridized carbons (Fsp3) is 0.500. The number of alkyl halides is 3. The molecule has 0 aromatic heterocycles. The molecule has 0 spiro atoms. The predicted octanol–water partition coefficient (Wildman–Crippen LogP) is 1.67. The Hall–Kier alpha value is -1.61. The molecule has 1 aromatic rings. The number of hydrogen-bond donors (Lipinski definition) is 1. The topological polar surface area (TPSA) is 66.5 Å². The summed E-state index contributed by atoms with van der Waals surface area (Å²) in [5.41, 5.74) is -0.603. The second-order valence-corrected chi connectivity index (χ2v) is 7.83. The summed E-state index contributed by atoms with van der Waals surface area (Å²) >= 11 is 0. The fourth-order valence-electron chi connectivity index (χ4n) is 2.65. The maximum absolute atomic E-state index is 12.6. The molecule has 0 unspecified atom stereocenters. The van der Waals surface area contributed by atoms with Crippen molar-refractivity contribution in [1.82, 2.24) is 9.62 Å². The molecule has 1 aromatic carbocycles. The molecule has 0 bridgehead atoms. The number of carbonyl (C=O) groups is 1. The van der Waals surface area contributed by atoms with Crippen molar-refractivity contribution in [3.8, 4) is 0 Å². The molecule has 1 aliphatic carbocycles. The average molecular weight is 348 g/mol. The van der Waals surface area contributed by atoms with E-state index in [1.807, 2.05) is 0 Å². The molecule has 1 saturated heterocycles. The number of piperazine rings is 1. The first-order valence-corrected chi connectivity index (χ1v) is 8.67. The van der Waals surface area contributed by atoms with E-state index in [9.17, 15) is 26.4 Å². The van der Waals surface area contributed by atoms with Gasteiger partial charge in [0.05, 0.1) is 10.8 Å². The minimum atomic E-state index is -4.48. The second-order valence-electron chi connectivity index (χ2n) is 5.67. The lowest BCUT2D eigenvalue weighted by Gasteiger charge is -2.34. The average Bonchev–Trinajstić information content (AvgIpc) is 3.31. The number of halogens is 3. The van der Waals surface area contributed by atoms with Crippen molar-refractivity contribution >= 4 is 15.9 Å². The van der Waals surface area contributed by atoms with Gasteiger partial charge in [-0.15, -0.1) is 0 Å². The summed E-state index contributed by atoms with van der Waals surface area (Å²) in [7, 11) is -3.61. The van der Waals surface area contributed by atoms with Gasteiger partial charge in [-0.3, -0.25) is 4.79 Å². The molecular formula is C14H15F3N2O3S. The van der Waals surface area contributed by atoms with Crippen LogP contribution < -0.4 is 5.32 Å². The number of rotatable bonds is 3. The third kappa shape index (κ3) is 3.07. The highest BCUT2D eigenvalue weighted by atomic mass is 32.2. The Labute approximate surface area is 131 Å². The summed E-state index contributed by atoms with van der Waals surface area (Å²) in [6.45, 7) is 0.318. The lowest BCUT2D eigenvalue weighted by Crippen LogP contribution is -2.52. The smallest absolute Gasteiger partial charge is 0.353 e. The van der Waals surface area contributed by atoms with Gasteiger partial charge in [0.1, 0.15) is 6.04 Å². The Morgan fingerprint density at radius 2 is 1.74 bits per heavy atom. The van der Waals surface area contributed by atoms with Gasteiger partial charge in [0, 0.05) is 13.1 Å². The number of nitrogens with one attached hydrogen (secondary N) is 1. The molecule has 1 aliphatic heterocycles. The van der Waals surface area contributed by atoms with Gasteiger partial charge in [0.2, 0.25) is 15.9 Å². The summed E-state index contributed by atoms with van der Waals surface area (Å²) in [6, 6.07) is 2.93. The first kappa shape index (κ1) is 16.3. The zero-order valence-electron chi connectivity index (χ0n) is 12.0. The van der Waals surface area contributed by atoms with E-state index in [1.165, 1.54) is 0 Å². The van der Waals surface area contributed by atoms with Gasteiger partial charge in [0.25, 0.3) is 0 Å². The summed E-state index contributed by atoms with van der Waals surface area (Å²) in [6.07, 6.45) is -3.37. The minimum absolute atomic E-state index is 0.121. The quantitative estimate of drug-likeness (QED) is 0.904. The molecule has 9 heteroatoms. The first-order valence-electron chi connectivity index (χ1n) is 7.17. The number of sulfonamides is 1. The van der Waals surface area contributed by atoms with Crippen LogP contribution in [-0.2, 0) is 21.0 Å². The van der Waals surface area contributed by atoms with E-state index in [1.54, 1.807) is 0 Å². The monoisotopic (exact) mass is 348 g/mol. The summed E-state index contributed by atoms with van der Waals surface area (Å²) < 4.78 is 64.0. The maximum Gasteiger partial charge on any atom is 0.416 e. The van der Waals surface area contributed by atoms with Crippen molar-refractivity contribution in [2.45, 2.75) is 30.3 Å². The normalized spacial score (nSPS) is 23.6. The Bertz CT molecular complexity index is 712. The summed E-state index contributed by atoms with van der Waals surface area (Å²) in [5, 5.41) is 2.09. The molecule has 2 aliphatic rings. The van der Waals surface area contributed by atoms with E-state index in [0.717, 1.165) is 28.6 Å². The number of benzene rings is 1. The van der Waals surface area contributed by atoms with E-state index in [4.69, 9.17) is 0 Å². The fourth-order valence-corrected chi connectivity index (χ4v) is 4.62. The van der Waals surface area contributed by atoms with E-state index >= 15 is 0 Å². The van der Waals surface area contributed by atoms with E-state index < -0.39 is 39.0 Å². The highest BCUT2D eigenvalue weighted by Crippen LogP contribution is 2.37. The molecule has 1 saturated carbocycles. The largest absolute Gasteiger partial charge is 0.416 e. The van der Waals surface area contributed by atoms with Crippen molar-refractivity contribution in [1.29, 1.82) is 0 Å². The molecule has 2 fully saturated rings. The highest BCUT2D eigenvalue weighted by Gasteiger charge is 2.46. The number of hydrogen-bond acceptors (Lipinski definition) is 3. The number of amides is 1. The lowest BCUT2D eigenvalue weighted by molar-refractivity contribution is -0.137. The first-order chi connectivity index (χ1) is 10.7. The van der Waals surface area contributed by atoms with Gasteiger partial charge in [-0.05, 0) is 30.5 Å². The molecule has 1 heterocycles. The van der Waals surface area contributed by atoms with Crippen LogP contribution in [0.15, 0.2) is 24.3 Å². The zero-order chi connectivity index (χ0) is 16.8. The van der Waals surface area contributed by atoms with Crippen molar-refractivity contribution in [3.05, 3.63) is 35.4 Å². The molecule has 1 atom stereocenters. The van der Waals surface area contributed by atoms with Crippen molar-refractivity contribution in [2.75, 3.05) is 13.1 Å². The maximum atomic E-state index is 12.6. The second kappa shape index (κ2) is 5.48. The van der Waals surface area contributed by atoms with Gasteiger partial charge < -0.3 is 5.32 Å². The van der Waals surface area contributed by atoms with Crippen LogP contribution in [0.25, 0.3) is 0 Å². The zero-order valence-corrected chi connectivity index (χ0v) is 12.8. The third-order valence-electron chi connectivity index (χ3n) is 3.99. The van der Waals surface area contributed by atoms with Gasteiger partial charge in [-0.1, -0.05) is 12.1 Å². The Morgan fingerprint density at radius 1 is 1.13 bits per heavy atom. The van der Waals surface area contributed by atoms with Crippen molar-refractivity contribution in [3.63, 3.8) is 0 Å². The van der Waals surface area contributed by atoms with Gasteiger partial charge in [0.15, 0.2) is 0 Å². The van der Waals surface area contributed by atoms with Crippen molar-refractivity contribution in [2.24, 2.45) is 0 Å². The molecule has 126 valence electrons. The van der Waals surface area contributed by atoms with Gasteiger partial charge in [-0.25, -0.2) is 8.42 Å². The molecule has 23 heavy (non-hydrogen) atoms. The van der Waals surface area contributed by atoms with E-state index in [2.05, 4.69) is 5.32 Å². The van der Waals surface area contributed by atoms with Crippen molar-refractivity contribution < 1.29 is 26.4 Å². The molecule has 0 radical (unpaired) electrons. The molecule has 5 nitrogen and oxygen atoms in total. The Morgan fingerprint density at radius 3 is 2.26 bits per heavy atom. The summed E-state index contributed by atoms with van der Waals surface area (Å²) in [5.74, 6) is -0.514. The van der Waals surface area contributed by atoms with Crippen LogP contribution >= 0.6 is 0 Å². The number of carbonyl (C=O) groups excluding carboxylic acids is 1. The molecule has 3 rings (SSSR count). The summed E-state index contributed by atoms with van der Waals surface area (Å²) in [4.78, 5) is 12.1. The van der Waals surface area contributed by atoms with Crippen LogP contribution in [0, 0.1) is 0 Å². The van der Waals surface area contributed by atoms with Crippen LogP contribution in [0.3, 0.4) is 0 Å². The lowest BCUT2D eigenvalue weighted by atomic mass is 10.0. The predicted molar refractivity (Wildman–Crippen MR) is 75.8 cm³/mol. The SMILES string of the molecule is O=C1NCCN(S(=O)(=O)C2CC2)[C@H]1c1ccc(C(F)(F)F)cc1. The highest BCUT2D eigenvalue weighted by molar-refractivity contribution is 7.90. The van der Waals surface area contributed by atoms with E-state index in [0.29, 0.717) is 12.8 Å². The minimum Gasteiger partial charge on any atom is -0.353 e. The Kier molecular flexibility index (Phi) is 3.88. The molecule has 1 N–H and O–H groups in total. The van der Waals surface area contributed by atoms with Gasteiger partial charge in [-0.2, -0.15) is 17.5 Å². The van der Waals surface area contributed by atoms with Crippen LogP contribution in [0.4, 0.5) is 13.2 Å². The standard InChI is InChI=1S/C14H15F3N2O3S/c15-14(16,17)10-3-1-9(2-4-10)12-13(20)18-7-8-19(12)23(21,22)11-5-6-11/h1-4,11-12H,5-8H2,(H,18,20)/t12-/m0/s1. The molecule has 1 amide bonds. The van der Waals surface area contributed by atoms with Crippen LogP contribution in [0.5, 0.6) is 0 Å². The molecular weight excluding hydrogens is 333 g/mol. The van der Waals surface area contributed by atoms with Crippen LogP contribution in [-0.4, -0.2) is 37.0 Å². The van der Waals surface area contributed by atoms with Crippen LogP contribution in [0.1, 0.15) is 30.0 Å². The number of nitrogens with zero attached hydrogens (tertiary/aromatic N) is 1. The van der Waals surface area contributed by atoms with Crippen LogP contribution in [0.2, 0.25) is 0 Å². The third-order valence-corrected chi connectivity index (χ3v) is 6.35. The van der Waals surface area contributed by atoms with Gasteiger partial charge >= 0.3 is 6.18 Å².